The largest absolute Gasteiger partial charge is 0.497 e. The lowest BCUT2D eigenvalue weighted by Gasteiger charge is -2.41. The fourth-order valence-electron chi connectivity index (χ4n) is 6.80. The van der Waals surface area contributed by atoms with Gasteiger partial charge in [-0.15, -0.1) is 0 Å². The number of nitrogens with zero attached hydrogens (tertiary/aromatic N) is 2. The number of aryl methyl sites for hydroxylation is 2. The molecule has 2 aliphatic carbocycles. The zero-order valence-corrected chi connectivity index (χ0v) is 33.1. The van der Waals surface area contributed by atoms with E-state index >= 15 is 0 Å². The normalized spacial score (nSPS) is 18.2. The van der Waals surface area contributed by atoms with Crippen LogP contribution in [0.15, 0.2) is 72.8 Å². The van der Waals surface area contributed by atoms with Crippen molar-refractivity contribution in [3.63, 3.8) is 0 Å². The Hall–Kier alpha value is -3.77. The molecule has 7 nitrogen and oxygen atoms in total. The lowest BCUT2D eigenvalue weighted by atomic mass is 9.97. The average Bonchev–Trinajstić information content (AvgIpc) is 3.41. The fourth-order valence-corrected chi connectivity index (χ4v) is 7.75. The SMILES string of the molecule is CC=C1C(=O)CCCc2cc(OC)ccc21.COc1ccc2c(c1)CCCC(=O)C2.C[Si](C)(C)OC(N1CCN(Cc2ccccc2)CC1)C(F)(F)F. The lowest BCUT2D eigenvalue weighted by Crippen LogP contribution is -2.57. The van der Waals surface area contributed by atoms with E-state index in [0.717, 1.165) is 61.3 Å². The van der Waals surface area contributed by atoms with Crippen molar-refractivity contribution in [2.24, 2.45) is 0 Å². The number of benzene rings is 3. The third-order valence-electron chi connectivity index (χ3n) is 9.48. The number of hydrogen-bond acceptors (Lipinski definition) is 7. The molecule has 288 valence electrons. The fraction of sp³-hybridized carbons (Fsp3) is 0.476. The number of rotatable bonds is 7. The summed E-state index contributed by atoms with van der Waals surface area (Å²) in [5.74, 6) is 2.36. The zero-order valence-electron chi connectivity index (χ0n) is 32.1. The van der Waals surface area contributed by atoms with E-state index in [1.165, 1.54) is 27.2 Å². The molecule has 0 N–H and O–H groups in total. The van der Waals surface area contributed by atoms with Crippen molar-refractivity contribution in [2.45, 2.75) is 90.5 Å². The van der Waals surface area contributed by atoms with E-state index < -0.39 is 20.7 Å². The van der Waals surface area contributed by atoms with E-state index in [-0.39, 0.29) is 5.78 Å². The van der Waals surface area contributed by atoms with Gasteiger partial charge in [0.2, 0.25) is 0 Å². The van der Waals surface area contributed by atoms with Gasteiger partial charge in [-0.25, -0.2) is 0 Å². The first kappa shape index (κ1) is 42.0. The summed E-state index contributed by atoms with van der Waals surface area (Å²) < 4.78 is 55.8. The van der Waals surface area contributed by atoms with Crippen LogP contribution in [-0.4, -0.2) is 82.5 Å². The number of methoxy groups -OCH3 is 2. The second kappa shape index (κ2) is 19.5. The number of allylic oxidation sites excluding steroid dienone is 2. The minimum atomic E-state index is -4.35. The maximum Gasteiger partial charge on any atom is 0.427 e. The summed E-state index contributed by atoms with van der Waals surface area (Å²) in [6, 6.07) is 21.9. The highest BCUT2D eigenvalue weighted by molar-refractivity contribution is 6.69. The van der Waals surface area contributed by atoms with E-state index in [9.17, 15) is 22.8 Å². The van der Waals surface area contributed by atoms with Crippen LogP contribution in [-0.2, 0) is 39.8 Å². The van der Waals surface area contributed by atoms with E-state index in [0.29, 0.717) is 44.8 Å². The molecule has 6 rings (SSSR count). The third-order valence-corrected chi connectivity index (χ3v) is 10.4. The minimum Gasteiger partial charge on any atom is -0.497 e. The van der Waals surface area contributed by atoms with Crippen LogP contribution < -0.4 is 9.47 Å². The second-order valence-electron chi connectivity index (χ2n) is 14.6. The molecule has 1 atom stereocenters. The van der Waals surface area contributed by atoms with Crippen molar-refractivity contribution in [2.75, 3.05) is 40.4 Å². The summed E-state index contributed by atoms with van der Waals surface area (Å²) in [4.78, 5) is 26.9. The van der Waals surface area contributed by atoms with Gasteiger partial charge >= 0.3 is 6.18 Å². The standard InChI is InChI=1S/C16H25F3N2OSi.C14H16O2.C12H14O2/c1-23(2,3)22-15(16(17,18)19)21-11-9-20(10-12-21)13-14-7-5-4-6-8-14;1-3-12-13-8-7-11(16-2)9-10(13)5-4-6-14(12)15;1-14-12-6-5-10-7-11(13)4-2-3-9(10)8-12/h4-8,15H,9-13H2,1-3H3;3,7-9H,4-6H2,1-2H3;5-6,8H,2-4,7H2,1H3. The molecule has 1 heterocycles. The van der Waals surface area contributed by atoms with Gasteiger partial charge in [0.15, 0.2) is 20.3 Å². The van der Waals surface area contributed by atoms with Crippen LogP contribution in [0.4, 0.5) is 13.2 Å². The van der Waals surface area contributed by atoms with Gasteiger partial charge in [-0.1, -0.05) is 48.5 Å². The van der Waals surface area contributed by atoms with Gasteiger partial charge < -0.3 is 13.9 Å². The molecule has 53 heavy (non-hydrogen) atoms. The number of ketones is 2. The Balaban J connectivity index is 0.000000184. The summed E-state index contributed by atoms with van der Waals surface area (Å²) >= 11 is 0. The van der Waals surface area contributed by atoms with Crippen LogP contribution in [0.2, 0.25) is 19.6 Å². The number of carbonyl (C=O) groups is 2. The molecule has 3 aromatic carbocycles. The lowest BCUT2D eigenvalue weighted by molar-refractivity contribution is -0.246. The molecule has 1 saturated heterocycles. The highest BCUT2D eigenvalue weighted by Crippen LogP contribution is 2.31. The van der Waals surface area contributed by atoms with Crippen LogP contribution in [0.25, 0.3) is 5.57 Å². The van der Waals surface area contributed by atoms with Gasteiger partial charge in [0.1, 0.15) is 17.3 Å². The van der Waals surface area contributed by atoms with Crippen molar-refractivity contribution < 1.29 is 36.7 Å². The summed E-state index contributed by atoms with van der Waals surface area (Å²) in [5, 5.41) is 0. The number of piperazine rings is 1. The molecule has 0 amide bonds. The zero-order chi connectivity index (χ0) is 38.6. The van der Waals surface area contributed by atoms with Crippen LogP contribution in [0.3, 0.4) is 0 Å². The molecule has 0 spiro atoms. The topological polar surface area (TPSA) is 68.3 Å². The predicted octanol–water partition coefficient (Wildman–Crippen LogP) is 8.69. The molecule has 0 aromatic heterocycles. The number of fused-ring (bicyclic) bond motifs is 2. The van der Waals surface area contributed by atoms with Crippen molar-refractivity contribution in [1.29, 1.82) is 0 Å². The maximum atomic E-state index is 13.3. The number of carbonyl (C=O) groups excluding carboxylic acids is 2. The monoisotopic (exact) mass is 752 g/mol. The molecule has 0 saturated carbocycles. The van der Waals surface area contributed by atoms with Gasteiger partial charge in [-0.05, 0) is 104 Å². The summed E-state index contributed by atoms with van der Waals surface area (Å²) in [6.07, 6.45) is 1.62. The molecule has 0 bridgehead atoms. The van der Waals surface area contributed by atoms with E-state index in [2.05, 4.69) is 4.90 Å². The molecule has 0 radical (unpaired) electrons. The molecule has 3 aliphatic rings. The first-order chi connectivity index (χ1) is 25.2. The predicted molar refractivity (Wildman–Crippen MR) is 207 cm³/mol. The highest BCUT2D eigenvalue weighted by Gasteiger charge is 2.47. The van der Waals surface area contributed by atoms with E-state index in [1.54, 1.807) is 33.9 Å². The van der Waals surface area contributed by atoms with Gasteiger partial charge in [0, 0.05) is 57.6 Å². The van der Waals surface area contributed by atoms with Crippen molar-refractivity contribution in [3.8, 4) is 11.5 Å². The molecule has 1 unspecified atom stereocenters. The van der Waals surface area contributed by atoms with Crippen molar-refractivity contribution in [3.05, 3.63) is 101 Å². The minimum absolute atomic E-state index is 0.256. The molecule has 1 aliphatic heterocycles. The Morgan fingerprint density at radius 1 is 0.774 bits per heavy atom. The number of Topliss-reactive ketones (excluding diaryl/α,β-unsaturated/α-hetero) is 2. The maximum absolute atomic E-state index is 13.3. The van der Waals surface area contributed by atoms with Crippen LogP contribution in [0.5, 0.6) is 11.5 Å². The van der Waals surface area contributed by atoms with E-state index in [4.69, 9.17) is 13.9 Å². The summed E-state index contributed by atoms with van der Waals surface area (Å²) in [6.45, 7) is 10.1. The van der Waals surface area contributed by atoms with Crippen LogP contribution in [0.1, 0.15) is 60.4 Å². The number of halogens is 3. The smallest absolute Gasteiger partial charge is 0.427 e. The van der Waals surface area contributed by atoms with Crippen LogP contribution >= 0.6 is 0 Å². The first-order valence-electron chi connectivity index (χ1n) is 18.5. The molecule has 11 heteroatoms. The van der Waals surface area contributed by atoms with Gasteiger partial charge in [-0.3, -0.25) is 19.4 Å². The third kappa shape index (κ3) is 12.9. The summed E-state index contributed by atoms with van der Waals surface area (Å²) in [7, 11) is 1.07. The Bertz CT molecular complexity index is 1680. The molecule has 3 aromatic rings. The van der Waals surface area contributed by atoms with E-state index in [1.807, 2.05) is 79.7 Å². The summed E-state index contributed by atoms with van der Waals surface area (Å²) in [5.41, 5.74) is 6.79. The first-order valence-corrected chi connectivity index (χ1v) is 21.9. The second-order valence-corrected chi connectivity index (χ2v) is 19.1. The highest BCUT2D eigenvalue weighted by atomic mass is 28.4. The Morgan fingerprint density at radius 2 is 1.38 bits per heavy atom. The Kier molecular flexibility index (Phi) is 15.5. The van der Waals surface area contributed by atoms with Gasteiger partial charge in [0.05, 0.1) is 14.2 Å². The molecular weight excluding hydrogens is 698 g/mol. The molecular formula is C42H55F3N2O5Si. The number of alkyl halides is 3. The van der Waals surface area contributed by atoms with Crippen molar-refractivity contribution in [1.82, 2.24) is 9.80 Å². The van der Waals surface area contributed by atoms with Crippen LogP contribution in [0, 0.1) is 0 Å². The quantitative estimate of drug-likeness (QED) is 0.136. The van der Waals surface area contributed by atoms with Crippen molar-refractivity contribution >= 4 is 25.5 Å². The van der Waals surface area contributed by atoms with Gasteiger partial charge in [-0.2, -0.15) is 13.2 Å². The number of hydrogen-bond donors (Lipinski definition) is 0. The Labute approximate surface area is 314 Å². The Morgan fingerprint density at radius 3 is 1.98 bits per heavy atom. The number of ether oxygens (including phenoxy) is 2. The van der Waals surface area contributed by atoms with Gasteiger partial charge in [0.25, 0.3) is 0 Å². The molecule has 1 fully saturated rings. The average molecular weight is 753 g/mol.